The minimum absolute atomic E-state index is 0.0320. The Balaban J connectivity index is 2.24. The summed E-state index contributed by atoms with van der Waals surface area (Å²) in [5, 5.41) is 23.3. The monoisotopic (exact) mass is 600 g/mol. The number of nitro benzene ring substituents is 2. The quantitative estimate of drug-likeness (QED) is 0.158. The number of nitrogens with zero attached hydrogens (tertiary/aromatic N) is 2. The minimum atomic E-state index is -4.83. The van der Waals surface area contributed by atoms with E-state index in [1.807, 2.05) is 0 Å². The predicted octanol–water partition coefficient (Wildman–Crippen LogP) is 9.72. The van der Waals surface area contributed by atoms with Gasteiger partial charge in [0.05, 0.1) is 21.0 Å². The molecule has 0 aromatic heterocycles. The number of hydrogen-bond donors (Lipinski definition) is 0. The summed E-state index contributed by atoms with van der Waals surface area (Å²) in [5.74, 6) is -0.870. The van der Waals surface area contributed by atoms with Crippen LogP contribution in [0.15, 0.2) is 48.5 Å². The number of ether oxygens (including phenoxy) is 2. The second-order valence-electron chi connectivity index (χ2n) is 11.4. The molecule has 14 heteroatoms. The number of halogens is 6. The van der Waals surface area contributed by atoms with Gasteiger partial charge in [-0.05, 0) is 47.2 Å². The fourth-order valence-electron chi connectivity index (χ4n) is 3.98. The molecule has 3 aromatic carbocycles. The maximum atomic E-state index is 13.2. The summed E-state index contributed by atoms with van der Waals surface area (Å²) in [6.45, 7) is 10.4. The highest BCUT2D eigenvalue weighted by atomic mass is 19.4. The van der Waals surface area contributed by atoms with Crippen LogP contribution in [0, 0.1) is 20.2 Å². The van der Waals surface area contributed by atoms with E-state index in [2.05, 4.69) is 0 Å². The summed E-state index contributed by atoms with van der Waals surface area (Å²) in [5.41, 5.74) is -5.22. The van der Waals surface area contributed by atoms with Gasteiger partial charge in [0.25, 0.3) is 0 Å². The van der Waals surface area contributed by atoms with E-state index in [1.54, 1.807) is 41.5 Å². The van der Waals surface area contributed by atoms with Crippen LogP contribution in [0.1, 0.15) is 63.8 Å². The lowest BCUT2D eigenvalue weighted by Crippen LogP contribution is -2.18. The zero-order valence-electron chi connectivity index (χ0n) is 23.2. The highest BCUT2D eigenvalue weighted by Crippen LogP contribution is 2.47. The number of rotatable bonds is 6. The van der Waals surface area contributed by atoms with E-state index in [1.165, 1.54) is 12.1 Å². The Labute approximate surface area is 236 Å². The fourth-order valence-corrected chi connectivity index (χ4v) is 3.98. The normalized spacial score (nSPS) is 12.7. The van der Waals surface area contributed by atoms with Gasteiger partial charge in [0.2, 0.25) is 11.5 Å². The molecule has 0 aliphatic carbocycles. The molecule has 226 valence electrons. The average molecular weight is 601 g/mol. The molecule has 0 fully saturated rings. The van der Waals surface area contributed by atoms with Crippen LogP contribution in [0.25, 0.3) is 0 Å². The van der Waals surface area contributed by atoms with Gasteiger partial charge in [-0.1, -0.05) is 41.5 Å². The predicted molar refractivity (Wildman–Crippen MR) is 140 cm³/mol. The maximum Gasteiger partial charge on any atom is 0.416 e. The second kappa shape index (κ2) is 10.8. The Morgan fingerprint density at radius 2 is 0.857 bits per heavy atom. The molecule has 0 aliphatic rings. The van der Waals surface area contributed by atoms with E-state index < -0.39 is 67.0 Å². The van der Waals surface area contributed by atoms with Crippen molar-refractivity contribution in [2.24, 2.45) is 0 Å². The van der Waals surface area contributed by atoms with Crippen molar-refractivity contribution in [3.8, 4) is 23.0 Å². The van der Waals surface area contributed by atoms with Gasteiger partial charge in [-0.2, -0.15) is 26.3 Å². The van der Waals surface area contributed by atoms with Gasteiger partial charge in [0.1, 0.15) is 11.5 Å². The van der Waals surface area contributed by atoms with Crippen LogP contribution in [0.3, 0.4) is 0 Å². The van der Waals surface area contributed by atoms with Crippen molar-refractivity contribution in [3.05, 3.63) is 91.0 Å². The van der Waals surface area contributed by atoms with Gasteiger partial charge in [0.15, 0.2) is 0 Å². The van der Waals surface area contributed by atoms with E-state index in [-0.39, 0.29) is 11.5 Å². The summed E-state index contributed by atoms with van der Waals surface area (Å²) < 4.78 is 90.9. The minimum Gasteiger partial charge on any atom is -0.450 e. The molecule has 0 heterocycles. The van der Waals surface area contributed by atoms with Crippen LogP contribution < -0.4 is 9.47 Å². The summed E-state index contributed by atoms with van der Waals surface area (Å²) in [4.78, 5) is 21.3. The van der Waals surface area contributed by atoms with Crippen LogP contribution >= 0.6 is 0 Å². The first-order chi connectivity index (χ1) is 19.0. The molecule has 0 unspecified atom stereocenters. The van der Waals surface area contributed by atoms with Gasteiger partial charge >= 0.3 is 23.7 Å². The molecule has 0 atom stereocenters. The van der Waals surface area contributed by atoms with Gasteiger partial charge in [-0.15, -0.1) is 0 Å². The Kier molecular flexibility index (Phi) is 8.27. The number of hydrogen-bond acceptors (Lipinski definition) is 6. The van der Waals surface area contributed by atoms with Crippen LogP contribution in [0.4, 0.5) is 37.7 Å². The molecule has 0 radical (unpaired) electrons. The van der Waals surface area contributed by atoms with E-state index in [4.69, 9.17) is 9.47 Å². The Hall–Kier alpha value is -4.36. The molecule has 0 N–H and O–H groups in total. The molecule has 0 saturated heterocycles. The first-order valence-corrected chi connectivity index (χ1v) is 12.3. The molecule has 8 nitrogen and oxygen atoms in total. The van der Waals surface area contributed by atoms with Crippen LogP contribution in [-0.2, 0) is 23.2 Å². The van der Waals surface area contributed by atoms with Crippen molar-refractivity contribution >= 4 is 11.4 Å². The first kappa shape index (κ1) is 32.2. The molecular formula is C28H26F6N2O6. The van der Waals surface area contributed by atoms with Crippen molar-refractivity contribution in [2.45, 2.75) is 64.7 Å². The van der Waals surface area contributed by atoms with Gasteiger partial charge in [0, 0.05) is 23.3 Å². The summed E-state index contributed by atoms with van der Waals surface area (Å²) in [6.07, 6.45) is -9.67. The maximum absolute atomic E-state index is 13.2. The van der Waals surface area contributed by atoms with E-state index >= 15 is 0 Å². The third-order valence-electron chi connectivity index (χ3n) is 6.10. The van der Waals surface area contributed by atoms with Crippen molar-refractivity contribution in [3.63, 3.8) is 0 Å². The van der Waals surface area contributed by atoms with Crippen molar-refractivity contribution in [1.29, 1.82) is 0 Å². The summed E-state index contributed by atoms with van der Waals surface area (Å²) in [6, 6.07) is 6.55. The van der Waals surface area contributed by atoms with Crippen LogP contribution in [-0.4, -0.2) is 9.85 Å². The zero-order chi connectivity index (χ0) is 32.0. The SMILES string of the molecule is CC(C)(C)c1cc(Oc2ccc(C(F)(F)F)cc2[N+](=O)[O-])c(C(C)(C)C)cc1Oc1ccc(C(F)(F)F)cc1[N+](=O)[O-]. The molecule has 0 bridgehead atoms. The molecule has 0 saturated carbocycles. The van der Waals surface area contributed by atoms with Crippen molar-refractivity contribution < 1.29 is 45.7 Å². The van der Waals surface area contributed by atoms with Gasteiger partial charge in [-0.3, -0.25) is 20.2 Å². The van der Waals surface area contributed by atoms with Gasteiger partial charge in [-0.25, -0.2) is 0 Å². The lowest BCUT2D eigenvalue weighted by molar-refractivity contribution is -0.386. The molecule has 42 heavy (non-hydrogen) atoms. The van der Waals surface area contributed by atoms with Crippen LogP contribution in [0.2, 0.25) is 0 Å². The Morgan fingerprint density at radius 3 is 1.10 bits per heavy atom. The molecule has 0 amide bonds. The number of nitro groups is 2. The smallest absolute Gasteiger partial charge is 0.416 e. The van der Waals surface area contributed by atoms with Crippen molar-refractivity contribution in [2.75, 3.05) is 0 Å². The van der Waals surface area contributed by atoms with E-state index in [0.717, 1.165) is 12.1 Å². The van der Waals surface area contributed by atoms with Crippen LogP contribution in [0.5, 0.6) is 23.0 Å². The van der Waals surface area contributed by atoms with E-state index in [0.29, 0.717) is 35.4 Å². The highest BCUT2D eigenvalue weighted by molar-refractivity contribution is 5.58. The molecule has 0 aliphatic heterocycles. The standard InChI is InChI=1S/C28H26F6N2O6/c1-25(2,3)17-13-24(42-22-10-8-16(28(32,33)34)12-20(22)36(39)40)18(26(4,5)6)14-23(17)41-21-9-7-15(27(29,30)31)11-19(21)35(37)38/h7-14H,1-6H3. The van der Waals surface area contributed by atoms with Crippen molar-refractivity contribution in [1.82, 2.24) is 0 Å². The highest BCUT2D eigenvalue weighted by Gasteiger charge is 2.36. The fraction of sp³-hybridized carbons (Fsp3) is 0.357. The third-order valence-corrected chi connectivity index (χ3v) is 6.10. The second-order valence-corrected chi connectivity index (χ2v) is 11.4. The zero-order valence-corrected chi connectivity index (χ0v) is 23.2. The molecule has 0 spiro atoms. The molecule has 3 aromatic rings. The Morgan fingerprint density at radius 1 is 0.548 bits per heavy atom. The van der Waals surface area contributed by atoms with E-state index in [9.17, 15) is 46.6 Å². The average Bonchev–Trinajstić information content (AvgIpc) is 2.82. The number of alkyl halides is 6. The van der Waals surface area contributed by atoms with Gasteiger partial charge < -0.3 is 9.47 Å². The third kappa shape index (κ3) is 7.09. The largest absolute Gasteiger partial charge is 0.450 e. The number of benzene rings is 3. The topological polar surface area (TPSA) is 105 Å². The first-order valence-electron chi connectivity index (χ1n) is 12.3. The Bertz CT molecular complexity index is 1420. The lowest BCUT2D eigenvalue weighted by atomic mass is 9.81. The summed E-state index contributed by atoms with van der Waals surface area (Å²) in [7, 11) is 0. The summed E-state index contributed by atoms with van der Waals surface area (Å²) >= 11 is 0. The molecule has 3 rings (SSSR count). The lowest BCUT2D eigenvalue weighted by Gasteiger charge is -2.29. The molecular weight excluding hydrogens is 574 g/mol.